The van der Waals surface area contributed by atoms with Crippen LogP contribution in [0.15, 0.2) is 58.5 Å². The summed E-state index contributed by atoms with van der Waals surface area (Å²) in [6, 6.07) is 15.1. The van der Waals surface area contributed by atoms with Gasteiger partial charge in [0.25, 0.3) is 0 Å². The summed E-state index contributed by atoms with van der Waals surface area (Å²) in [5.41, 5.74) is 13.9. The Bertz CT molecular complexity index is 1280. The molecule has 0 radical (unpaired) electrons. The largest absolute Gasteiger partial charge is 0.492 e. The van der Waals surface area contributed by atoms with Gasteiger partial charge in [0.1, 0.15) is 24.7 Å². The number of halogens is 1. The first kappa shape index (κ1) is 47.6. The zero-order valence-corrected chi connectivity index (χ0v) is 34.8. The van der Waals surface area contributed by atoms with Crippen molar-refractivity contribution in [2.75, 3.05) is 57.7 Å². The van der Waals surface area contributed by atoms with Crippen LogP contribution in [0.2, 0.25) is 0 Å². The Morgan fingerprint density at radius 1 is 0.872 bits per heavy atom. The van der Waals surface area contributed by atoms with Crippen molar-refractivity contribution in [3.63, 3.8) is 0 Å². The Hall–Kier alpha value is -1.56. The van der Waals surface area contributed by atoms with Crippen molar-refractivity contribution in [3.8, 4) is 11.5 Å². The molecule has 0 heterocycles. The number of benzene rings is 2. The molecule has 0 saturated carbocycles. The number of anilines is 1. The van der Waals surface area contributed by atoms with Crippen molar-refractivity contribution >= 4 is 111 Å². The topological polar surface area (TPSA) is 138 Å². The predicted molar refractivity (Wildman–Crippen MR) is 225 cm³/mol. The number of nitrogens with one attached hydrogen (secondary N) is 2. The van der Waals surface area contributed by atoms with Crippen LogP contribution >= 0.6 is 78.8 Å². The van der Waals surface area contributed by atoms with Gasteiger partial charge in [-0.15, -0.1) is 30.9 Å². The van der Waals surface area contributed by atoms with Gasteiger partial charge in [0.05, 0.1) is 10.8 Å². The smallest absolute Gasteiger partial charge is 0.199 e. The minimum Gasteiger partial charge on any atom is -0.492 e. The first-order chi connectivity index (χ1) is 21.5. The molecular weight excluding hydrogens is 730 g/mol. The maximum absolute atomic E-state index is 6.62. The van der Waals surface area contributed by atoms with Gasteiger partial charge in [0.2, 0.25) is 0 Å². The molecule has 0 bridgehead atoms. The van der Waals surface area contributed by atoms with Crippen LogP contribution in [0, 0.1) is 5.41 Å². The first-order valence-electron chi connectivity index (χ1n) is 14.0. The molecule has 0 fully saturated rings. The van der Waals surface area contributed by atoms with E-state index in [1.807, 2.05) is 76.7 Å². The second-order valence-electron chi connectivity index (χ2n) is 11.1. The zero-order chi connectivity index (χ0) is 35.3. The Balaban J connectivity index is 0. The molecule has 0 amide bonds. The second-order valence-corrected chi connectivity index (χ2v) is 15.8. The highest BCUT2D eigenvalue weighted by molar-refractivity contribution is 8.16. The SMILES string of the molecule is CN(C)C(C)(C)COc1ccc(N=C=S)cc1.CN(C)C(C)(C)COc1ccc(NC(=S)N=C(N)SCP)cc1.Cl.N=C(N)SCP. The molecule has 0 spiro atoms. The summed E-state index contributed by atoms with van der Waals surface area (Å²) in [6.07, 6.45) is 0. The van der Waals surface area contributed by atoms with Crippen molar-refractivity contribution in [1.29, 1.82) is 5.41 Å². The molecule has 2 aromatic carbocycles. The average Bonchev–Trinajstić information content (AvgIpc) is 2.97. The van der Waals surface area contributed by atoms with E-state index in [0.29, 0.717) is 23.5 Å². The number of ether oxygens (including phenoxy) is 2. The van der Waals surface area contributed by atoms with Gasteiger partial charge in [-0.25, -0.2) is 0 Å². The van der Waals surface area contributed by atoms with E-state index < -0.39 is 0 Å². The lowest BCUT2D eigenvalue weighted by molar-refractivity contribution is 0.114. The number of thiocarbonyl (C=S) groups is 2. The van der Waals surface area contributed by atoms with E-state index in [1.54, 1.807) is 0 Å². The fraction of sp³-hybridized carbons (Fsp3) is 0.467. The fourth-order valence-corrected chi connectivity index (χ4v) is 4.48. The third-order valence-electron chi connectivity index (χ3n) is 6.40. The number of hydrogen-bond donors (Lipinski definition) is 4. The minimum atomic E-state index is -0.0278. The highest BCUT2D eigenvalue weighted by atomic mass is 35.5. The summed E-state index contributed by atoms with van der Waals surface area (Å²) in [7, 11) is 13.2. The summed E-state index contributed by atoms with van der Waals surface area (Å²) in [6.45, 7) is 9.79. The molecule has 0 aliphatic rings. The molecule has 264 valence electrons. The molecular formula is C30H51ClN8O2P2S4. The Morgan fingerprint density at radius 2 is 1.30 bits per heavy atom. The van der Waals surface area contributed by atoms with Crippen molar-refractivity contribution in [3.05, 3.63) is 48.5 Å². The van der Waals surface area contributed by atoms with Crippen LogP contribution in [0.1, 0.15) is 27.7 Å². The lowest BCUT2D eigenvalue weighted by Crippen LogP contribution is -2.43. The molecule has 2 rings (SSSR count). The first-order valence-corrected chi connectivity index (χ1v) is 18.4. The Labute approximate surface area is 311 Å². The number of isothiocyanates is 1. The van der Waals surface area contributed by atoms with Crippen LogP contribution in [-0.2, 0) is 0 Å². The molecule has 0 aromatic heterocycles. The maximum atomic E-state index is 6.62. The highest BCUT2D eigenvalue weighted by Gasteiger charge is 2.22. The van der Waals surface area contributed by atoms with Gasteiger partial charge in [-0.05, 0) is 129 Å². The van der Waals surface area contributed by atoms with Crippen LogP contribution in [0.5, 0.6) is 11.5 Å². The van der Waals surface area contributed by atoms with Crippen LogP contribution in [0.3, 0.4) is 0 Å². The van der Waals surface area contributed by atoms with E-state index >= 15 is 0 Å². The van der Waals surface area contributed by atoms with Crippen molar-refractivity contribution in [2.24, 2.45) is 21.5 Å². The molecule has 10 nitrogen and oxygen atoms in total. The van der Waals surface area contributed by atoms with Crippen molar-refractivity contribution in [2.45, 2.75) is 38.8 Å². The number of nitrogens with two attached hydrogens (primary N) is 2. The minimum absolute atomic E-state index is 0. The quantitative estimate of drug-likeness (QED) is 0.0768. The van der Waals surface area contributed by atoms with Crippen LogP contribution < -0.4 is 26.3 Å². The van der Waals surface area contributed by atoms with Gasteiger partial charge in [-0.1, -0.05) is 23.5 Å². The number of rotatable bonds is 12. The summed E-state index contributed by atoms with van der Waals surface area (Å²) < 4.78 is 11.6. The summed E-state index contributed by atoms with van der Waals surface area (Å²) >= 11 is 12.4. The van der Waals surface area contributed by atoms with E-state index in [0.717, 1.165) is 33.9 Å². The van der Waals surface area contributed by atoms with E-state index in [4.69, 9.17) is 38.6 Å². The molecule has 0 saturated heterocycles. The summed E-state index contributed by atoms with van der Waals surface area (Å²) in [5, 5.41) is 13.0. The van der Waals surface area contributed by atoms with E-state index in [1.165, 1.54) is 23.5 Å². The highest BCUT2D eigenvalue weighted by Crippen LogP contribution is 2.21. The normalized spacial score (nSPS) is 11.1. The van der Waals surface area contributed by atoms with Gasteiger partial charge in [0.15, 0.2) is 15.4 Å². The molecule has 17 heteroatoms. The number of likely N-dealkylation sites (N-methyl/N-ethyl adjacent to an activating group) is 2. The molecule has 0 aliphatic carbocycles. The monoisotopic (exact) mass is 780 g/mol. The van der Waals surface area contributed by atoms with Crippen molar-refractivity contribution in [1.82, 2.24) is 9.80 Å². The summed E-state index contributed by atoms with van der Waals surface area (Å²) in [5.74, 6) is 1.65. The molecule has 2 aromatic rings. The predicted octanol–water partition coefficient (Wildman–Crippen LogP) is 6.99. The lowest BCUT2D eigenvalue weighted by atomic mass is 10.1. The zero-order valence-electron chi connectivity index (χ0n) is 28.4. The van der Waals surface area contributed by atoms with Crippen LogP contribution in [0.4, 0.5) is 11.4 Å². The van der Waals surface area contributed by atoms with E-state index in [-0.39, 0.29) is 28.7 Å². The van der Waals surface area contributed by atoms with Gasteiger partial charge in [-0.3, -0.25) is 5.41 Å². The third kappa shape index (κ3) is 22.7. The molecule has 47 heavy (non-hydrogen) atoms. The lowest BCUT2D eigenvalue weighted by Gasteiger charge is -2.32. The van der Waals surface area contributed by atoms with Crippen LogP contribution in [-0.4, -0.2) is 93.9 Å². The Kier molecular flexibility index (Phi) is 25.7. The summed E-state index contributed by atoms with van der Waals surface area (Å²) in [4.78, 5) is 12.3. The standard InChI is InChI=1S/C15H25N4OPS2.C13H18N2OS.C2H7N2PS.ClH/c1-15(2,19(3)4)9-20-12-7-5-11(6-8-12)17-14(22)18-13(16)23-10-21;1-13(2,15(3)4)9-16-12-7-5-11(6-8-12)14-10-17;3-2(4)6-1-5;/h5-8H,9-10,21H2,1-4H3,(H3,16,17,18,22);5-8H,9H2,1-4H3;1,5H2,(H3,3,4);1H. The number of hydrogen-bond acceptors (Lipinski definition) is 10. The molecule has 0 aliphatic heterocycles. The van der Waals surface area contributed by atoms with Gasteiger partial charge in [0, 0.05) is 27.8 Å². The molecule has 2 unspecified atom stereocenters. The van der Waals surface area contributed by atoms with Crippen molar-refractivity contribution < 1.29 is 9.47 Å². The number of thioether (sulfide) groups is 2. The second kappa shape index (κ2) is 25.4. The maximum Gasteiger partial charge on any atom is 0.199 e. The number of amidine groups is 2. The van der Waals surface area contributed by atoms with Gasteiger partial charge < -0.3 is 36.1 Å². The van der Waals surface area contributed by atoms with Crippen LogP contribution in [0.25, 0.3) is 0 Å². The number of aliphatic imine (C=N–C) groups is 2. The van der Waals surface area contributed by atoms with Gasteiger partial charge >= 0.3 is 0 Å². The van der Waals surface area contributed by atoms with Gasteiger partial charge in [-0.2, -0.15) is 9.98 Å². The average molecular weight is 781 g/mol. The van der Waals surface area contributed by atoms with E-state index in [2.05, 4.69) is 88.7 Å². The molecule has 2 atom stereocenters. The third-order valence-corrected chi connectivity index (χ3v) is 8.72. The Morgan fingerprint density at radius 3 is 1.64 bits per heavy atom. The van der Waals surface area contributed by atoms with E-state index in [9.17, 15) is 0 Å². The molecule has 6 N–H and O–H groups in total. The number of nitrogens with zero attached hydrogens (tertiary/aromatic N) is 4. The fourth-order valence-electron chi connectivity index (χ4n) is 2.54.